The Balaban J connectivity index is 1.86. The molecule has 1 aromatic carbocycles. The molecular weight excluding hydrogens is 1520 g/mol. The first-order valence-electron chi connectivity index (χ1n) is 37.0. The minimum absolute atomic E-state index is 0.0132. The van der Waals surface area contributed by atoms with E-state index in [9.17, 15) is 107 Å². The molecule has 1 aromatic rings. The molecule has 45 heteroatoms. The zero-order chi connectivity index (χ0) is 85.6. The first-order valence-corrected chi connectivity index (χ1v) is 38.4. The van der Waals surface area contributed by atoms with Crippen LogP contribution in [-0.2, 0) is 87.9 Å². The second kappa shape index (κ2) is 49.3. The van der Waals surface area contributed by atoms with Crippen molar-refractivity contribution in [2.24, 2.45) is 62.0 Å². The number of aliphatic hydroxyl groups is 2. The predicted octanol–water partition coefficient (Wildman–Crippen LogP) is -9.15. The molecule has 3 rings (SSSR count). The van der Waals surface area contributed by atoms with Crippen LogP contribution in [-0.4, -0.2) is 284 Å². The van der Waals surface area contributed by atoms with E-state index in [1.54, 1.807) is 34.0 Å². The standard InChI is InChI=1S/C69H112N22O22S/c1-34(2)26-42(79-53(97)31-70)57(102)85-44(28-36-14-16-37(94)17-15-36)59(104)80-38(10-6-21-77-68(73)74)55(100)89-48(33-93)66(111)91-24-9-13-50(91)64(109)88-47(32-92)62(107)82-40(20-25-114-5)65(110)90-23-8-12-49(90)63(108)81-39(18-19-54(98)99)56(101)86-46(30-52(72)96)61(106)84-43(27-35(3)4)58(103)87-45(29-51(71)95)60(105)83-41(67(112)113)11-7-22-78-69(75)76/h14-17,34-35,38-50,92-94H,6-13,18-33,70H2,1-5H3,(H2,71,95)(H2,72,96)(H,79,97)(H,80,104)(H,81,108)(H,82,107)(H,83,105)(H,84,106)(H,85,102)(H,86,101)(H,87,103)(H,88,109)(H,89,100)(H,98,99)(H,112,113)(H4,73,74,77)(H4,75,76,78)/t38-,39-,40-,41-,42-,43-,44-,45-,46-,47-,48-,49-,50-/m0/s1. The number of nitrogens with two attached hydrogens (primary N) is 7. The summed E-state index contributed by atoms with van der Waals surface area (Å²) >= 11 is 1.25. The largest absolute Gasteiger partial charge is 0.508 e. The van der Waals surface area contributed by atoms with E-state index in [4.69, 9.17) is 40.1 Å². The monoisotopic (exact) mass is 1630 g/mol. The third-order valence-electron chi connectivity index (χ3n) is 17.9. The van der Waals surface area contributed by atoms with E-state index in [2.05, 4.69) is 68.5 Å². The molecule has 636 valence electrons. The second-order valence-electron chi connectivity index (χ2n) is 28.1. The molecular formula is C69H112N22O22S. The number of hydrogen-bond acceptors (Lipinski definition) is 24. The van der Waals surface area contributed by atoms with Gasteiger partial charge in [-0.1, -0.05) is 39.8 Å². The van der Waals surface area contributed by atoms with Gasteiger partial charge in [0.15, 0.2) is 11.9 Å². The first kappa shape index (κ1) is 97.0. The summed E-state index contributed by atoms with van der Waals surface area (Å²) in [6.07, 6.45) is -2.03. The summed E-state index contributed by atoms with van der Waals surface area (Å²) in [5, 5.41) is 77.4. The van der Waals surface area contributed by atoms with E-state index < -0.39 is 230 Å². The number of carboxylic acid groups (broad SMARTS) is 2. The number of carbonyl (C=O) groups is 17. The van der Waals surface area contributed by atoms with Crippen molar-refractivity contribution >= 4 is 124 Å². The van der Waals surface area contributed by atoms with Crippen LogP contribution >= 0.6 is 11.8 Å². The molecule has 2 aliphatic heterocycles. The summed E-state index contributed by atoms with van der Waals surface area (Å²) in [7, 11) is 0. The van der Waals surface area contributed by atoms with Gasteiger partial charge in [0.05, 0.1) is 32.6 Å². The fraction of sp³-hybridized carbons (Fsp3) is 0.638. The molecule has 0 saturated carbocycles. The van der Waals surface area contributed by atoms with Crippen LogP contribution in [0.5, 0.6) is 5.75 Å². The Bertz CT molecular complexity index is 3580. The van der Waals surface area contributed by atoms with Gasteiger partial charge in [-0.3, -0.25) is 86.7 Å². The number of aliphatic imine (C=N–C) groups is 2. The number of likely N-dealkylation sites (tertiary alicyclic amines) is 2. The zero-order valence-corrected chi connectivity index (χ0v) is 65.2. The van der Waals surface area contributed by atoms with Gasteiger partial charge in [0, 0.05) is 39.0 Å². The highest BCUT2D eigenvalue weighted by Gasteiger charge is 2.44. The van der Waals surface area contributed by atoms with Crippen molar-refractivity contribution in [3.63, 3.8) is 0 Å². The maximum atomic E-state index is 14.6. The van der Waals surface area contributed by atoms with Gasteiger partial charge in [-0.05, 0) is 119 Å². The lowest BCUT2D eigenvalue weighted by Crippen LogP contribution is -2.61. The smallest absolute Gasteiger partial charge is 0.326 e. The number of guanidine groups is 2. The topological polar surface area (TPSA) is 737 Å². The van der Waals surface area contributed by atoms with Crippen molar-refractivity contribution in [3.8, 4) is 5.75 Å². The number of aromatic hydroxyl groups is 1. The fourth-order valence-electron chi connectivity index (χ4n) is 12.2. The number of hydrogen-bond donors (Lipinski definition) is 23. The predicted molar refractivity (Wildman–Crippen MR) is 410 cm³/mol. The van der Waals surface area contributed by atoms with Crippen molar-refractivity contribution in [1.29, 1.82) is 0 Å². The summed E-state index contributed by atoms with van der Waals surface area (Å²) in [5.41, 5.74) is 38.5. The number of phenols is 1. The Kier molecular flexibility index (Phi) is 42.0. The van der Waals surface area contributed by atoms with Crippen molar-refractivity contribution in [3.05, 3.63) is 29.8 Å². The number of aliphatic carboxylic acids is 2. The van der Waals surface area contributed by atoms with E-state index in [-0.39, 0.29) is 133 Å². The highest BCUT2D eigenvalue weighted by Crippen LogP contribution is 2.23. The number of benzene rings is 1. The summed E-state index contributed by atoms with van der Waals surface area (Å²) in [6, 6.07) is -15.1. The number of thioether (sulfide) groups is 1. The van der Waals surface area contributed by atoms with Crippen LogP contribution < -0.4 is 98.6 Å². The highest BCUT2D eigenvalue weighted by atomic mass is 32.2. The lowest BCUT2D eigenvalue weighted by Gasteiger charge is -2.31. The van der Waals surface area contributed by atoms with Gasteiger partial charge in [0.1, 0.15) is 84.3 Å². The second-order valence-corrected chi connectivity index (χ2v) is 29.1. The van der Waals surface area contributed by atoms with E-state index in [0.29, 0.717) is 5.56 Å². The number of nitrogens with one attached hydrogen (secondary N) is 11. The number of amides is 15. The average Bonchev–Trinajstić information content (AvgIpc) is 1.64. The Morgan fingerprint density at radius 3 is 1.29 bits per heavy atom. The maximum absolute atomic E-state index is 14.6. The highest BCUT2D eigenvalue weighted by molar-refractivity contribution is 7.98. The summed E-state index contributed by atoms with van der Waals surface area (Å²) in [5.74, 6) is -19.4. The quantitative estimate of drug-likeness (QED) is 0.0164. The minimum atomic E-state index is -1.95. The molecule has 0 radical (unpaired) electrons. The fourth-order valence-corrected chi connectivity index (χ4v) is 12.7. The summed E-state index contributed by atoms with van der Waals surface area (Å²) < 4.78 is 0. The van der Waals surface area contributed by atoms with Crippen molar-refractivity contribution in [1.82, 2.24) is 68.3 Å². The van der Waals surface area contributed by atoms with Crippen LogP contribution in [0.1, 0.15) is 130 Å². The van der Waals surface area contributed by atoms with Crippen molar-refractivity contribution < 1.29 is 107 Å². The van der Waals surface area contributed by atoms with Crippen molar-refractivity contribution in [2.45, 2.75) is 209 Å². The van der Waals surface area contributed by atoms with Gasteiger partial charge in [0.2, 0.25) is 88.6 Å². The molecule has 15 amide bonds. The average molecular weight is 1630 g/mol. The zero-order valence-electron chi connectivity index (χ0n) is 64.4. The lowest BCUT2D eigenvalue weighted by atomic mass is 10.0. The van der Waals surface area contributed by atoms with Gasteiger partial charge >= 0.3 is 11.9 Å². The Morgan fingerprint density at radius 2 is 0.851 bits per heavy atom. The van der Waals surface area contributed by atoms with E-state index in [1.165, 1.54) is 36.0 Å². The molecule has 0 bridgehead atoms. The van der Waals surface area contributed by atoms with E-state index >= 15 is 0 Å². The molecule has 0 spiro atoms. The van der Waals surface area contributed by atoms with E-state index in [1.807, 2.05) is 0 Å². The number of aliphatic hydroxyl groups excluding tert-OH is 2. The molecule has 0 unspecified atom stereocenters. The molecule has 44 nitrogen and oxygen atoms in total. The number of carbonyl (C=O) groups excluding carboxylic acids is 15. The van der Waals surface area contributed by atoms with Crippen LogP contribution in [0.25, 0.3) is 0 Å². The van der Waals surface area contributed by atoms with E-state index in [0.717, 1.165) is 9.80 Å². The van der Waals surface area contributed by atoms with Gasteiger partial charge in [-0.2, -0.15) is 11.8 Å². The molecule has 2 fully saturated rings. The SMILES string of the molecule is CSCC[C@H](NC(=O)[C@H](CO)NC(=O)[C@@H]1CCCN1C(=O)[C@H](CO)NC(=O)[C@H](CCCN=C(N)N)NC(=O)[C@H](Cc1ccc(O)cc1)NC(=O)[C@H](CC(C)C)NC(=O)CN)C(=O)N1CCC[C@H]1C(=O)N[C@@H](CCC(=O)O)C(=O)N[C@@H](CC(N)=O)C(=O)N[C@@H](CC(C)C)C(=O)N[C@@H](CC(N)=O)C(=O)N[C@@H](CCCN=C(N)N)C(=O)O. The molecule has 2 heterocycles. The number of nitrogens with zero attached hydrogens (tertiary/aromatic N) is 4. The first-order chi connectivity index (χ1) is 53.7. The van der Waals surface area contributed by atoms with Crippen LogP contribution in [0.4, 0.5) is 0 Å². The Morgan fingerprint density at radius 1 is 0.474 bits per heavy atom. The number of phenolic OH excluding ortho intramolecular Hbond substituents is 1. The summed E-state index contributed by atoms with van der Waals surface area (Å²) in [6.45, 7) is 3.93. The lowest BCUT2D eigenvalue weighted by molar-refractivity contribution is -0.144. The van der Waals surface area contributed by atoms with Gasteiger partial charge in [0.25, 0.3) is 0 Å². The van der Waals surface area contributed by atoms with Gasteiger partial charge < -0.3 is 134 Å². The molecule has 2 aliphatic rings. The Labute approximate surface area is 661 Å². The van der Waals surface area contributed by atoms with Gasteiger partial charge in [-0.15, -0.1) is 0 Å². The van der Waals surface area contributed by atoms with Gasteiger partial charge in [-0.25, -0.2) is 4.79 Å². The van der Waals surface area contributed by atoms with Crippen molar-refractivity contribution in [2.75, 3.05) is 57.9 Å². The molecule has 30 N–H and O–H groups in total. The molecule has 0 aliphatic carbocycles. The molecule has 114 heavy (non-hydrogen) atoms. The van der Waals surface area contributed by atoms with Crippen LogP contribution in [0.15, 0.2) is 34.3 Å². The third-order valence-corrected chi connectivity index (χ3v) is 18.5. The minimum Gasteiger partial charge on any atom is -0.508 e. The number of primary amides is 2. The summed E-state index contributed by atoms with van der Waals surface area (Å²) in [4.78, 5) is 241. The number of rotatable bonds is 51. The van der Waals surface area contributed by atoms with Crippen LogP contribution in [0.2, 0.25) is 0 Å². The molecule has 0 aromatic heterocycles. The molecule has 13 atom stereocenters. The third kappa shape index (κ3) is 34.0. The maximum Gasteiger partial charge on any atom is 0.326 e. The normalized spacial score (nSPS) is 16.6. The molecule has 2 saturated heterocycles. The van der Waals surface area contributed by atoms with Crippen LogP contribution in [0, 0.1) is 11.8 Å². The number of carboxylic acids is 2. The Hall–Kier alpha value is -11.2. The van der Waals surface area contributed by atoms with Crippen LogP contribution in [0.3, 0.4) is 0 Å².